The van der Waals surface area contributed by atoms with E-state index in [0.29, 0.717) is 11.5 Å². The zero-order chi connectivity index (χ0) is 18.5. The van der Waals surface area contributed by atoms with Gasteiger partial charge in [-0.1, -0.05) is 30.3 Å². The van der Waals surface area contributed by atoms with Crippen LogP contribution < -0.4 is 15.4 Å². The second-order valence-electron chi connectivity index (χ2n) is 6.65. The summed E-state index contributed by atoms with van der Waals surface area (Å²) in [6, 6.07) is 15.1. The van der Waals surface area contributed by atoms with Gasteiger partial charge in [0.2, 0.25) is 5.91 Å². The second-order valence-corrected chi connectivity index (χ2v) is 6.65. The highest BCUT2D eigenvalue weighted by molar-refractivity contribution is 5.97. The Morgan fingerprint density at radius 3 is 2.42 bits per heavy atom. The molecule has 0 aliphatic heterocycles. The van der Waals surface area contributed by atoms with Crippen LogP contribution in [0.15, 0.2) is 48.5 Å². The van der Waals surface area contributed by atoms with Crippen LogP contribution >= 0.6 is 0 Å². The number of benzene rings is 2. The van der Waals surface area contributed by atoms with E-state index >= 15 is 0 Å². The van der Waals surface area contributed by atoms with Gasteiger partial charge in [-0.25, -0.2) is 0 Å². The van der Waals surface area contributed by atoms with Gasteiger partial charge in [0.1, 0.15) is 5.75 Å². The molecule has 1 unspecified atom stereocenters. The van der Waals surface area contributed by atoms with Crippen molar-refractivity contribution in [2.75, 3.05) is 13.7 Å². The molecule has 2 aromatic rings. The van der Waals surface area contributed by atoms with E-state index in [1.807, 2.05) is 49.4 Å². The Bertz CT molecular complexity index is 782. The molecule has 0 heterocycles. The molecular formula is C21H24N2O3. The first kappa shape index (κ1) is 18.0. The lowest BCUT2D eigenvalue weighted by Crippen LogP contribution is -2.39. The van der Waals surface area contributed by atoms with Gasteiger partial charge >= 0.3 is 0 Å². The van der Waals surface area contributed by atoms with Gasteiger partial charge in [-0.15, -0.1) is 0 Å². The lowest BCUT2D eigenvalue weighted by atomic mass is 10.0. The molecule has 1 aliphatic carbocycles. The van der Waals surface area contributed by atoms with E-state index in [1.165, 1.54) is 0 Å². The van der Waals surface area contributed by atoms with Crippen molar-refractivity contribution < 1.29 is 14.3 Å². The fourth-order valence-corrected chi connectivity index (χ4v) is 3.02. The highest BCUT2D eigenvalue weighted by Crippen LogP contribution is 2.41. The van der Waals surface area contributed by atoms with Gasteiger partial charge in [0.05, 0.1) is 19.7 Å². The molecule has 0 saturated heterocycles. The number of aryl methyl sites for hydroxylation is 1. The molecule has 3 rings (SSSR count). The van der Waals surface area contributed by atoms with Crippen LogP contribution in [0.2, 0.25) is 0 Å². The third kappa shape index (κ3) is 4.42. The third-order valence-electron chi connectivity index (χ3n) is 4.68. The average Bonchev–Trinajstić information content (AvgIpc) is 3.50. The Balaban J connectivity index is 1.58. The average molecular weight is 352 g/mol. The summed E-state index contributed by atoms with van der Waals surface area (Å²) in [6.45, 7) is 1.84. The summed E-state index contributed by atoms with van der Waals surface area (Å²) in [4.78, 5) is 24.6. The summed E-state index contributed by atoms with van der Waals surface area (Å²) < 4.78 is 5.19. The molecular weight excluding hydrogens is 328 g/mol. The minimum Gasteiger partial charge on any atom is -0.497 e. The summed E-state index contributed by atoms with van der Waals surface area (Å²) >= 11 is 0. The molecule has 1 saturated carbocycles. The van der Waals surface area contributed by atoms with Crippen molar-refractivity contribution in [1.82, 2.24) is 10.6 Å². The highest BCUT2D eigenvalue weighted by atomic mass is 16.5. The highest BCUT2D eigenvalue weighted by Gasteiger charge is 2.33. The Labute approximate surface area is 153 Å². The van der Waals surface area contributed by atoms with Crippen molar-refractivity contribution in [3.05, 3.63) is 65.2 Å². The molecule has 1 atom stereocenters. The minimum atomic E-state index is -0.231. The Hall–Kier alpha value is -2.82. The predicted molar refractivity (Wildman–Crippen MR) is 100 cm³/mol. The maximum atomic E-state index is 12.4. The van der Waals surface area contributed by atoms with Crippen molar-refractivity contribution in [2.45, 2.75) is 25.8 Å². The zero-order valence-electron chi connectivity index (χ0n) is 15.1. The number of nitrogens with one attached hydrogen (secondary N) is 2. The summed E-state index contributed by atoms with van der Waals surface area (Å²) in [5, 5.41) is 5.76. The van der Waals surface area contributed by atoms with Crippen LogP contribution in [0.5, 0.6) is 5.75 Å². The fraction of sp³-hybridized carbons (Fsp3) is 0.333. The van der Waals surface area contributed by atoms with E-state index in [9.17, 15) is 9.59 Å². The molecule has 5 nitrogen and oxygen atoms in total. The van der Waals surface area contributed by atoms with Crippen LogP contribution in [0.3, 0.4) is 0 Å². The molecule has 1 fully saturated rings. The first-order chi connectivity index (χ1) is 12.6. The van der Waals surface area contributed by atoms with Gasteiger partial charge < -0.3 is 15.4 Å². The molecule has 2 N–H and O–H groups in total. The van der Waals surface area contributed by atoms with Gasteiger partial charge in [-0.05, 0) is 55.0 Å². The Morgan fingerprint density at radius 2 is 1.81 bits per heavy atom. The van der Waals surface area contributed by atoms with Crippen LogP contribution in [-0.2, 0) is 4.79 Å². The van der Waals surface area contributed by atoms with Crippen molar-refractivity contribution in [1.29, 1.82) is 0 Å². The molecule has 26 heavy (non-hydrogen) atoms. The largest absolute Gasteiger partial charge is 0.497 e. The van der Waals surface area contributed by atoms with Gasteiger partial charge in [0.15, 0.2) is 0 Å². The molecule has 1 aliphatic rings. The molecule has 2 aromatic carbocycles. The summed E-state index contributed by atoms with van der Waals surface area (Å²) in [5.74, 6) is 0.838. The summed E-state index contributed by atoms with van der Waals surface area (Å²) in [6.07, 6.45) is 2.21. The van der Waals surface area contributed by atoms with Crippen LogP contribution in [0, 0.1) is 12.8 Å². The maximum absolute atomic E-state index is 12.4. The van der Waals surface area contributed by atoms with Gasteiger partial charge in [0, 0.05) is 5.56 Å². The van der Waals surface area contributed by atoms with Crippen molar-refractivity contribution in [2.24, 2.45) is 5.92 Å². The number of amides is 2. The third-order valence-corrected chi connectivity index (χ3v) is 4.68. The Kier molecular flexibility index (Phi) is 5.56. The van der Waals surface area contributed by atoms with Crippen LogP contribution in [-0.4, -0.2) is 25.5 Å². The lowest BCUT2D eigenvalue weighted by molar-refractivity contribution is -0.121. The number of hydrogen-bond donors (Lipinski definition) is 2. The van der Waals surface area contributed by atoms with E-state index in [-0.39, 0.29) is 24.4 Å². The number of carbonyl (C=O) groups excluding carboxylic acids is 2. The lowest BCUT2D eigenvalue weighted by Gasteiger charge is -2.19. The smallest absolute Gasteiger partial charge is 0.251 e. The molecule has 5 heteroatoms. The SMILES string of the molecule is COc1ccc(C(NC(=O)CNC(=O)c2ccccc2C)C2CC2)cc1. The number of rotatable bonds is 7. The van der Waals surface area contributed by atoms with E-state index in [2.05, 4.69) is 10.6 Å². The maximum Gasteiger partial charge on any atom is 0.251 e. The topological polar surface area (TPSA) is 67.4 Å². The van der Waals surface area contributed by atoms with Crippen LogP contribution in [0.25, 0.3) is 0 Å². The number of hydrogen-bond acceptors (Lipinski definition) is 3. The van der Waals surface area contributed by atoms with E-state index < -0.39 is 0 Å². The first-order valence-electron chi connectivity index (χ1n) is 8.85. The van der Waals surface area contributed by atoms with Crippen LogP contribution in [0.4, 0.5) is 0 Å². The molecule has 0 spiro atoms. The normalized spacial score (nSPS) is 14.4. The predicted octanol–water partition coefficient (Wildman–Crippen LogP) is 3.00. The standard InChI is InChI=1S/C21H24N2O3/c1-14-5-3-4-6-18(14)21(25)22-13-19(24)23-20(15-7-8-15)16-9-11-17(26-2)12-10-16/h3-6,9-12,15,20H,7-8,13H2,1-2H3,(H,22,25)(H,23,24). The summed E-state index contributed by atoms with van der Waals surface area (Å²) in [7, 11) is 1.63. The van der Waals surface area contributed by atoms with Gasteiger partial charge in [0.25, 0.3) is 5.91 Å². The van der Waals surface area contributed by atoms with Crippen molar-refractivity contribution in [3.63, 3.8) is 0 Å². The fourth-order valence-electron chi connectivity index (χ4n) is 3.02. The first-order valence-corrected chi connectivity index (χ1v) is 8.85. The van der Waals surface area contributed by atoms with E-state index in [1.54, 1.807) is 13.2 Å². The monoisotopic (exact) mass is 352 g/mol. The molecule has 0 radical (unpaired) electrons. The van der Waals surface area contributed by atoms with Crippen molar-refractivity contribution in [3.8, 4) is 5.75 Å². The summed E-state index contributed by atoms with van der Waals surface area (Å²) in [5.41, 5.74) is 2.54. The van der Waals surface area contributed by atoms with Gasteiger partial charge in [-0.2, -0.15) is 0 Å². The number of ether oxygens (including phenoxy) is 1. The van der Waals surface area contributed by atoms with E-state index in [0.717, 1.165) is 29.7 Å². The quantitative estimate of drug-likeness (QED) is 0.805. The molecule has 0 bridgehead atoms. The van der Waals surface area contributed by atoms with E-state index in [4.69, 9.17) is 4.74 Å². The van der Waals surface area contributed by atoms with Gasteiger partial charge in [-0.3, -0.25) is 9.59 Å². The Morgan fingerprint density at radius 1 is 1.12 bits per heavy atom. The second kappa shape index (κ2) is 8.04. The van der Waals surface area contributed by atoms with Crippen LogP contribution in [0.1, 0.15) is 40.4 Å². The van der Waals surface area contributed by atoms with Crippen molar-refractivity contribution >= 4 is 11.8 Å². The molecule has 136 valence electrons. The zero-order valence-corrected chi connectivity index (χ0v) is 15.1. The number of methoxy groups -OCH3 is 1. The number of carbonyl (C=O) groups is 2. The molecule has 0 aromatic heterocycles. The molecule has 2 amide bonds. The minimum absolute atomic E-state index is 0.0243.